The summed E-state index contributed by atoms with van der Waals surface area (Å²) in [5.41, 5.74) is 2.74. The van der Waals surface area contributed by atoms with Crippen molar-refractivity contribution in [1.82, 2.24) is 10.6 Å². The van der Waals surface area contributed by atoms with Crippen LogP contribution in [0.2, 0.25) is 0 Å². The van der Waals surface area contributed by atoms with Gasteiger partial charge < -0.3 is 20.8 Å². The van der Waals surface area contributed by atoms with Gasteiger partial charge in [-0.3, -0.25) is 0 Å². The molecule has 0 bridgehead atoms. The number of amides is 2. The van der Waals surface area contributed by atoms with Crippen LogP contribution in [0.15, 0.2) is 60.7 Å². The maximum atomic E-state index is 10.3. The highest BCUT2D eigenvalue weighted by atomic mass is 16.4. The third kappa shape index (κ3) is 65.4. The molecule has 0 aliphatic carbocycles. The van der Waals surface area contributed by atoms with E-state index in [9.17, 15) is 9.59 Å². The van der Waals surface area contributed by atoms with Crippen molar-refractivity contribution in [2.24, 2.45) is 0 Å². The molecule has 6 nitrogen and oxygen atoms in total. The zero-order chi connectivity index (χ0) is 55.7. The summed E-state index contributed by atoms with van der Waals surface area (Å²) in [7, 11) is 0. The molecule has 0 aliphatic rings. The summed E-state index contributed by atoms with van der Waals surface area (Å²) in [5, 5.41) is 21.8. The average molecular weight is 1080 g/mol. The summed E-state index contributed by atoms with van der Waals surface area (Å²) in [6.07, 6.45) is 72.1. The van der Waals surface area contributed by atoms with E-state index in [0.29, 0.717) is 13.1 Å². The maximum absolute atomic E-state index is 10.3. The van der Waals surface area contributed by atoms with E-state index in [4.69, 9.17) is 10.2 Å². The third-order valence-corrected chi connectivity index (χ3v) is 15.7. The number of hydrogen-bond donors (Lipinski definition) is 4. The molecule has 448 valence electrons. The van der Waals surface area contributed by atoms with Crippen molar-refractivity contribution in [2.45, 2.75) is 354 Å². The van der Waals surface area contributed by atoms with Crippen molar-refractivity contribution in [3.8, 4) is 0 Å². The molecule has 0 unspecified atom stereocenters. The van der Waals surface area contributed by atoms with E-state index in [1.54, 1.807) is 0 Å². The Morgan fingerprint density at radius 3 is 0.571 bits per heavy atom. The van der Waals surface area contributed by atoms with Crippen LogP contribution in [0.3, 0.4) is 0 Å². The van der Waals surface area contributed by atoms with Gasteiger partial charge in [-0.25, -0.2) is 9.59 Å². The summed E-state index contributed by atoms with van der Waals surface area (Å²) < 4.78 is 0. The molecule has 0 aromatic heterocycles. The molecule has 0 atom stereocenters. The summed E-state index contributed by atoms with van der Waals surface area (Å²) in [6, 6.07) is 21.1. The zero-order valence-electron chi connectivity index (χ0n) is 51.4. The normalized spacial score (nSPS) is 10.9. The van der Waals surface area contributed by atoms with Crippen LogP contribution in [0.4, 0.5) is 9.59 Å². The van der Waals surface area contributed by atoms with Gasteiger partial charge in [-0.05, 0) is 30.4 Å². The summed E-state index contributed by atoms with van der Waals surface area (Å²) >= 11 is 0. The molecular formula is C71H130N2O4. The predicted octanol–water partition coefficient (Wildman–Crippen LogP) is 24.1. The largest absolute Gasteiger partial charge is 0.465 e. The highest BCUT2D eigenvalue weighted by Gasteiger charge is 2.00. The van der Waals surface area contributed by atoms with Crippen molar-refractivity contribution in [1.29, 1.82) is 0 Å². The van der Waals surface area contributed by atoms with Crippen LogP contribution in [0.25, 0.3) is 0 Å². The highest BCUT2D eigenvalue weighted by Crippen LogP contribution is 2.19. The second kappa shape index (κ2) is 65.5. The zero-order valence-corrected chi connectivity index (χ0v) is 51.4. The van der Waals surface area contributed by atoms with E-state index in [1.165, 1.54) is 319 Å². The molecule has 0 spiro atoms. The van der Waals surface area contributed by atoms with Gasteiger partial charge in [-0.1, -0.05) is 396 Å². The quantitative estimate of drug-likeness (QED) is 0.0496. The fourth-order valence-electron chi connectivity index (χ4n) is 10.7. The topological polar surface area (TPSA) is 98.7 Å². The summed E-state index contributed by atoms with van der Waals surface area (Å²) in [5.74, 6) is 0. The Morgan fingerprint density at radius 1 is 0.260 bits per heavy atom. The first-order chi connectivity index (χ1) is 38.0. The number of carbonyl (C=O) groups is 2. The molecular weight excluding hydrogens is 945 g/mol. The van der Waals surface area contributed by atoms with Crippen LogP contribution in [-0.2, 0) is 6.42 Å². The van der Waals surface area contributed by atoms with E-state index in [1.807, 2.05) is 0 Å². The molecule has 0 fully saturated rings. The van der Waals surface area contributed by atoms with Crippen LogP contribution >= 0.6 is 0 Å². The van der Waals surface area contributed by atoms with E-state index in [-0.39, 0.29) is 0 Å². The second-order valence-corrected chi connectivity index (χ2v) is 23.3. The Hall–Kier alpha value is -3.02. The van der Waals surface area contributed by atoms with Gasteiger partial charge in [0, 0.05) is 13.1 Å². The smallest absolute Gasteiger partial charge is 0.404 e. The molecule has 4 N–H and O–H groups in total. The fourth-order valence-corrected chi connectivity index (χ4v) is 10.7. The molecule has 6 heteroatoms. The lowest BCUT2D eigenvalue weighted by molar-refractivity contribution is 0.193. The van der Waals surface area contributed by atoms with Crippen LogP contribution in [0.1, 0.15) is 359 Å². The number of nitrogens with one attached hydrogen (secondary N) is 2. The highest BCUT2D eigenvalue weighted by molar-refractivity contribution is 5.64. The van der Waals surface area contributed by atoms with Gasteiger partial charge in [0.2, 0.25) is 0 Å². The SMILES string of the molecule is CCCCCCCCCCCCCCCCCCCCCCCCCCCCNC(=O)O.CCCCCCCCCCCCCCCCCCCCCCCCCCCCNC(=O)O.c1ccc(Cc2ccccc2)cc1. The Morgan fingerprint density at radius 2 is 0.416 bits per heavy atom. The van der Waals surface area contributed by atoms with Crippen molar-refractivity contribution >= 4 is 12.2 Å². The molecule has 0 heterocycles. The van der Waals surface area contributed by atoms with Crippen LogP contribution in [0.5, 0.6) is 0 Å². The lowest BCUT2D eigenvalue weighted by atomic mass is 10.0. The van der Waals surface area contributed by atoms with Gasteiger partial charge in [0.15, 0.2) is 0 Å². The minimum atomic E-state index is -0.899. The number of carboxylic acid groups (broad SMARTS) is 2. The van der Waals surface area contributed by atoms with E-state index in [0.717, 1.165) is 32.1 Å². The Balaban J connectivity index is 0.00000121. The Kier molecular flexibility index (Phi) is 62.9. The molecule has 2 aromatic carbocycles. The van der Waals surface area contributed by atoms with Gasteiger partial charge in [0.05, 0.1) is 0 Å². The Labute approximate surface area is 479 Å². The molecule has 2 amide bonds. The van der Waals surface area contributed by atoms with Gasteiger partial charge in [-0.15, -0.1) is 0 Å². The van der Waals surface area contributed by atoms with Gasteiger partial charge in [-0.2, -0.15) is 0 Å². The standard InChI is InChI=1S/2C29H59NO2.C13H12/c2*1-2-3-4-5-6-7-8-9-10-11-12-13-14-15-16-17-18-19-20-21-22-23-24-25-26-27-28-30-29(31)32;1-3-7-12(8-4-1)11-13-9-5-2-6-10-13/h2*30H,2-28H2,1H3,(H,31,32);1-10H,11H2. The van der Waals surface area contributed by atoms with Crippen molar-refractivity contribution in [3.05, 3.63) is 71.8 Å². The number of rotatable bonds is 56. The number of unbranched alkanes of at least 4 members (excludes halogenated alkanes) is 50. The lowest BCUT2D eigenvalue weighted by Crippen LogP contribution is -2.21. The first-order valence-corrected chi connectivity index (χ1v) is 34.0. The first kappa shape index (κ1) is 74.0. The van der Waals surface area contributed by atoms with Crippen LogP contribution in [0, 0.1) is 0 Å². The average Bonchev–Trinajstić information content (AvgIpc) is 3.43. The van der Waals surface area contributed by atoms with Gasteiger partial charge in [0.1, 0.15) is 0 Å². The van der Waals surface area contributed by atoms with Crippen molar-refractivity contribution in [2.75, 3.05) is 13.1 Å². The fraction of sp³-hybridized carbons (Fsp3) is 0.803. The lowest BCUT2D eigenvalue weighted by Gasteiger charge is -2.04. The molecule has 2 aromatic rings. The van der Waals surface area contributed by atoms with Crippen LogP contribution < -0.4 is 10.6 Å². The van der Waals surface area contributed by atoms with E-state index in [2.05, 4.69) is 85.1 Å². The van der Waals surface area contributed by atoms with Crippen molar-refractivity contribution in [3.63, 3.8) is 0 Å². The van der Waals surface area contributed by atoms with E-state index < -0.39 is 12.2 Å². The van der Waals surface area contributed by atoms with Crippen LogP contribution in [-0.4, -0.2) is 35.5 Å². The molecule has 0 saturated carbocycles. The molecule has 0 saturated heterocycles. The predicted molar refractivity (Wildman–Crippen MR) is 339 cm³/mol. The van der Waals surface area contributed by atoms with Crippen molar-refractivity contribution < 1.29 is 19.8 Å². The minimum absolute atomic E-state index is 0.606. The monoisotopic (exact) mass is 1080 g/mol. The number of benzene rings is 2. The maximum Gasteiger partial charge on any atom is 0.404 e. The first-order valence-electron chi connectivity index (χ1n) is 34.0. The molecule has 77 heavy (non-hydrogen) atoms. The summed E-state index contributed by atoms with van der Waals surface area (Å²) in [6.45, 7) is 5.80. The van der Waals surface area contributed by atoms with Gasteiger partial charge in [0.25, 0.3) is 0 Å². The molecule has 2 rings (SSSR count). The minimum Gasteiger partial charge on any atom is -0.465 e. The Bertz CT molecular complexity index is 1300. The second-order valence-electron chi connectivity index (χ2n) is 23.3. The molecule has 0 radical (unpaired) electrons. The van der Waals surface area contributed by atoms with E-state index >= 15 is 0 Å². The summed E-state index contributed by atoms with van der Waals surface area (Å²) in [4.78, 5) is 20.7. The molecule has 0 aliphatic heterocycles. The number of hydrogen-bond acceptors (Lipinski definition) is 2. The van der Waals surface area contributed by atoms with Gasteiger partial charge >= 0.3 is 12.2 Å². The third-order valence-electron chi connectivity index (χ3n) is 15.7.